The molecule has 2 N–H and O–H groups in total. The van der Waals surface area contributed by atoms with Crippen LogP contribution in [0.4, 0.5) is 0 Å². The van der Waals surface area contributed by atoms with Crippen LogP contribution in [0.3, 0.4) is 0 Å². The summed E-state index contributed by atoms with van der Waals surface area (Å²) >= 11 is 1.52. The summed E-state index contributed by atoms with van der Waals surface area (Å²) in [5.74, 6) is -1.19. The smallest absolute Gasteiger partial charge is 0.306 e. The molecule has 0 bridgehead atoms. The predicted molar refractivity (Wildman–Crippen MR) is 88.2 cm³/mol. The molecule has 3 rings (SSSR count). The SMILES string of the molecule is O=C(Cc1csc(-c2ccccc2)n1)N[C@H]1CC[C@@H](C(=O)O)C1. The predicted octanol–water partition coefficient (Wildman–Crippen LogP) is 2.72. The fraction of sp³-hybridized carbons (Fsp3) is 0.353. The van der Waals surface area contributed by atoms with Gasteiger partial charge in [-0.2, -0.15) is 0 Å². The van der Waals surface area contributed by atoms with Gasteiger partial charge in [0.25, 0.3) is 0 Å². The van der Waals surface area contributed by atoms with Crippen LogP contribution in [0.1, 0.15) is 25.0 Å². The van der Waals surface area contributed by atoms with Crippen molar-refractivity contribution in [2.45, 2.75) is 31.7 Å². The van der Waals surface area contributed by atoms with E-state index in [1.54, 1.807) is 0 Å². The van der Waals surface area contributed by atoms with Gasteiger partial charge >= 0.3 is 5.97 Å². The van der Waals surface area contributed by atoms with E-state index in [1.165, 1.54) is 11.3 Å². The van der Waals surface area contributed by atoms with Gasteiger partial charge in [-0.15, -0.1) is 11.3 Å². The summed E-state index contributed by atoms with van der Waals surface area (Å²) in [5, 5.41) is 14.7. The van der Waals surface area contributed by atoms with Crippen LogP contribution in [0.5, 0.6) is 0 Å². The highest BCUT2D eigenvalue weighted by Gasteiger charge is 2.30. The number of carbonyl (C=O) groups excluding carboxylic acids is 1. The van der Waals surface area contributed by atoms with Gasteiger partial charge in [0.2, 0.25) is 5.91 Å². The summed E-state index contributed by atoms with van der Waals surface area (Å²) in [6.45, 7) is 0. The van der Waals surface area contributed by atoms with Gasteiger partial charge in [0, 0.05) is 17.0 Å². The Morgan fingerprint density at radius 2 is 2.04 bits per heavy atom. The number of aliphatic carboxylic acids is 1. The second kappa shape index (κ2) is 6.91. The second-order valence-corrected chi connectivity index (χ2v) is 6.66. The molecule has 1 aromatic carbocycles. The summed E-state index contributed by atoms with van der Waals surface area (Å²) in [7, 11) is 0. The Kier molecular flexibility index (Phi) is 4.71. The van der Waals surface area contributed by atoms with Crippen molar-refractivity contribution in [1.82, 2.24) is 10.3 Å². The fourth-order valence-electron chi connectivity index (χ4n) is 2.88. The van der Waals surface area contributed by atoms with Crippen molar-refractivity contribution in [3.8, 4) is 10.6 Å². The van der Waals surface area contributed by atoms with Crippen LogP contribution in [0, 0.1) is 5.92 Å². The molecule has 0 aliphatic heterocycles. The van der Waals surface area contributed by atoms with E-state index in [4.69, 9.17) is 5.11 Å². The van der Waals surface area contributed by atoms with Gasteiger partial charge in [-0.25, -0.2) is 4.98 Å². The molecule has 1 saturated carbocycles. The van der Waals surface area contributed by atoms with Crippen molar-refractivity contribution in [1.29, 1.82) is 0 Å². The van der Waals surface area contributed by atoms with Crippen LogP contribution < -0.4 is 5.32 Å². The molecule has 1 amide bonds. The number of rotatable bonds is 5. The van der Waals surface area contributed by atoms with Crippen LogP contribution in [-0.4, -0.2) is 28.0 Å². The molecule has 2 atom stereocenters. The topological polar surface area (TPSA) is 79.3 Å². The Bertz CT molecular complexity index is 699. The van der Waals surface area contributed by atoms with Crippen LogP contribution in [0.15, 0.2) is 35.7 Å². The zero-order chi connectivity index (χ0) is 16.2. The van der Waals surface area contributed by atoms with Crippen molar-refractivity contribution in [3.63, 3.8) is 0 Å². The number of hydrogen-bond donors (Lipinski definition) is 2. The van der Waals surface area contributed by atoms with Gasteiger partial charge in [0.05, 0.1) is 18.0 Å². The van der Waals surface area contributed by atoms with Crippen LogP contribution in [-0.2, 0) is 16.0 Å². The van der Waals surface area contributed by atoms with Crippen LogP contribution >= 0.6 is 11.3 Å². The Hall–Kier alpha value is -2.21. The summed E-state index contributed by atoms with van der Waals surface area (Å²) in [6, 6.07) is 9.83. The molecular weight excluding hydrogens is 312 g/mol. The number of aromatic nitrogens is 1. The molecule has 1 heterocycles. The maximum atomic E-state index is 12.1. The van der Waals surface area contributed by atoms with Crippen LogP contribution in [0.25, 0.3) is 10.6 Å². The van der Waals surface area contributed by atoms with Gasteiger partial charge in [-0.05, 0) is 19.3 Å². The van der Waals surface area contributed by atoms with Crippen LogP contribution in [0.2, 0.25) is 0 Å². The van der Waals surface area contributed by atoms with E-state index in [1.807, 2.05) is 35.7 Å². The maximum Gasteiger partial charge on any atom is 0.306 e. The lowest BCUT2D eigenvalue weighted by Gasteiger charge is -2.11. The van der Waals surface area contributed by atoms with Gasteiger partial charge in [0.1, 0.15) is 5.01 Å². The minimum atomic E-state index is -0.770. The molecule has 1 fully saturated rings. The van der Waals surface area contributed by atoms with Gasteiger partial charge < -0.3 is 10.4 Å². The first-order valence-corrected chi connectivity index (χ1v) is 8.52. The highest BCUT2D eigenvalue weighted by Crippen LogP contribution is 2.26. The number of amides is 1. The third-order valence-corrected chi connectivity index (χ3v) is 5.00. The van der Waals surface area contributed by atoms with Crippen molar-refractivity contribution >= 4 is 23.2 Å². The lowest BCUT2D eigenvalue weighted by molar-refractivity contribution is -0.141. The summed E-state index contributed by atoms with van der Waals surface area (Å²) in [4.78, 5) is 27.5. The molecule has 0 unspecified atom stereocenters. The number of benzene rings is 1. The first-order valence-electron chi connectivity index (χ1n) is 7.64. The molecule has 23 heavy (non-hydrogen) atoms. The molecule has 0 radical (unpaired) electrons. The van der Waals surface area contributed by atoms with E-state index >= 15 is 0 Å². The largest absolute Gasteiger partial charge is 0.481 e. The number of thiazole rings is 1. The van der Waals surface area contributed by atoms with E-state index in [0.29, 0.717) is 12.8 Å². The standard InChI is InChI=1S/C17H18N2O3S/c20-15(18-13-7-6-12(8-13)17(21)22)9-14-10-23-16(19-14)11-4-2-1-3-5-11/h1-5,10,12-13H,6-9H2,(H,18,20)(H,21,22)/t12-,13+/m1/s1. The van der Waals surface area contributed by atoms with Crippen molar-refractivity contribution in [2.24, 2.45) is 5.92 Å². The zero-order valence-corrected chi connectivity index (χ0v) is 13.4. The number of carboxylic acid groups (broad SMARTS) is 1. The Morgan fingerprint density at radius 3 is 2.74 bits per heavy atom. The normalized spacial score (nSPS) is 20.3. The molecule has 1 aromatic heterocycles. The third kappa shape index (κ3) is 3.96. The Labute approximate surface area is 138 Å². The molecule has 120 valence electrons. The lowest BCUT2D eigenvalue weighted by atomic mass is 10.1. The fourth-order valence-corrected chi connectivity index (χ4v) is 3.71. The average molecular weight is 330 g/mol. The minimum absolute atomic E-state index is 0.0316. The monoisotopic (exact) mass is 330 g/mol. The first-order chi connectivity index (χ1) is 11.1. The molecule has 0 saturated heterocycles. The Balaban J connectivity index is 1.55. The summed E-state index contributed by atoms with van der Waals surface area (Å²) in [5.41, 5.74) is 1.79. The lowest BCUT2D eigenvalue weighted by Crippen LogP contribution is -2.34. The zero-order valence-electron chi connectivity index (χ0n) is 12.6. The Morgan fingerprint density at radius 1 is 1.26 bits per heavy atom. The van der Waals surface area contributed by atoms with E-state index in [9.17, 15) is 9.59 Å². The molecule has 2 aromatic rings. The molecule has 6 heteroatoms. The van der Waals surface area contributed by atoms with Gasteiger partial charge in [0.15, 0.2) is 0 Å². The number of nitrogens with one attached hydrogen (secondary N) is 1. The minimum Gasteiger partial charge on any atom is -0.481 e. The summed E-state index contributed by atoms with van der Waals surface area (Å²) < 4.78 is 0. The molecule has 5 nitrogen and oxygen atoms in total. The van der Waals surface area contributed by atoms with Gasteiger partial charge in [-0.3, -0.25) is 9.59 Å². The van der Waals surface area contributed by atoms with Crippen molar-refractivity contribution < 1.29 is 14.7 Å². The number of nitrogens with zero attached hydrogens (tertiary/aromatic N) is 1. The quantitative estimate of drug-likeness (QED) is 0.883. The van der Waals surface area contributed by atoms with E-state index in [0.717, 1.165) is 22.7 Å². The van der Waals surface area contributed by atoms with Crippen molar-refractivity contribution in [3.05, 3.63) is 41.4 Å². The number of carbonyl (C=O) groups is 2. The number of hydrogen-bond acceptors (Lipinski definition) is 4. The molecule has 1 aliphatic rings. The van der Waals surface area contributed by atoms with E-state index in [-0.39, 0.29) is 24.3 Å². The second-order valence-electron chi connectivity index (χ2n) is 5.80. The summed E-state index contributed by atoms with van der Waals surface area (Å²) in [6.07, 6.45) is 2.12. The molecular formula is C17H18N2O3S. The van der Waals surface area contributed by atoms with E-state index < -0.39 is 5.97 Å². The van der Waals surface area contributed by atoms with Gasteiger partial charge in [-0.1, -0.05) is 30.3 Å². The average Bonchev–Trinajstić information content (AvgIpc) is 3.18. The first kappa shape index (κ1) is 15.7. The molecule has 1 aliphatic carbocycles. The van der Waals surface area contributed by atoms with Crippen molar-refractivity contribution in [2.75, 3.05) is 0 Å². The molecule has 0 spiro atoms. The van der Waals surface area contributed by atoms with E-state index in [2.05, 4.69) is 10.3 Å². The number of carboxylic acids is 1. The highest BCUT2D eigenvalue weighted by atomic mass is 32.1. The maximum absolute atomic E-state index is 12.1. The highest BCUT2D eigenvalue weighted by molar-refractivity contribution is 7.13. The third-order valence-electron chi connectivity index (χ3n) is 4.06.